The van der Waals surface area contributed by atoms with Gasteiger partial charge in [-0.15, -0.1) is 0 Å². The Morgan fingerprint density at radius 2 is 1.62 bits per heavy atom. The van der Waals surface area contributed by atoms with Gasteiger partial charge in [-0.3, -0.25) is 0 Å². The molecule has 0 rings (SSSR count). The van der Waals surface area contributed by atoms with Crippen LogP contribution in [0, 0.1) is 0 Å². The average molecular weight is 254 g/mol. The van der Waals surface area contributed by atoms with Crippen LogP contribution < -0.4 is 56.5 Å². The Balaban J connectivity index is 0. The molecule has 0 radical (unpaired) electrons. The molecule has 0 saturated heterocycles. The maximum absolute atomic E-state index is 10.1. The van der Waals surface area contributed by atoms with Crippen LogP contribution in [0.5, 0.6) is 0 Å². The smallest absolute Gasteiger partial charge is 0.550 e. The van der Waals surface area contributed by atoms with Gasteiger partial charge in [0.25, 0.3) is 0 Å². The van der Waals surface area contributed by atoms with Gasteiger partial charge < -0.3 is 15.0 Å². The summed E-state index contributed by atoms with van der Waals surface area (Å²) < 4.78 is 0. The van der Waals surface area contributed by atoms with Crippen LogP contribution in [-0.4, -0.2) is 17.2 Å². The van der Waals surface area contributed by atoms with Crippen LogP contribution in [0.25, 0.3) is 0 Å². The molecular formula is C12H23KO3. The maximum atomic E-state index is 10.1. The summed E-state index contributed by atoms with van der Waals surface area (Å²) in [6.07, 6.45) is 7.94. The minimum atomic E-state index is -1.16. The number of carbonyl (C=O) groups is 1. The van der Waals surface area contributed by atoms with Crippen molar-refractivity contribution in [1.29, 1.82) is 0 Å². The van der Waals surface area contributed by atoms with Gasteiger partial charge >= 0.3 is 51.4 Å². The van der Waals surface area contributed by atoms with Crippen molar-refractivity contribution >= 4 is 5.97 Å². The third-order valence-electron chi connectivity index (χ3n) is 2.54. The molecule has 0 fully saturated rings. The Morgan fingerprint density at radius 1 is 1.12 bits per heavy atom. The summed E-state index contributed by atoms with van der Waals surface area (Å²) in [4.78, 5) is 10.1. The van der Waals surface area contributed by atoms with Gasteiger partial charge in [0.1, 0.15) is 0 Å². The van der Waals surface area contributed by atoms with Gasteiger partial charge in [0, 0.05) is 12.4 Å². The summed E-state index contributed by atoms with van der Waals surface area (Å²) in [5, 5.41) is 19.4. The topological polar surface area (TPSA) is 60.4 Å². The van der Waals surface area contributed by atoms with E-state index in [2.05, 4.69) is 6.92 Å². The molecule has 0 aromatic carbocycles. The van der Waals surface area contributed by atoms with Gasteiger partial charge in [-0.05, 0) is 6.42 Å². The van der Waals surface area contributed by atoms with Gasteiger partial charge in [0.2, 0.25) is 0 Å². The van der Waals surface area contributed by atoms with E-state index < -0.39 is 12.1 Å². The standard InChI is InChI=1S/C12H24O3.K/c1-2-3-4-5-6-7-8-9-11(13)10-12(14)15;/h11,13H,2-10H2,1H3,(H,14,15);/q;+1/p-1. The molecule has 3 nitrogen and oxygen atoms in total. The number of carboxylic acids is 1. The van der Waals surface area contributed by atoms with Crippen LogP contribution in [0.15, 0.2) is 0 Å². The fourth-order valence-corrected chi connectivity index (χ4v) is 1.63. The molecule has 0 aliphatic rings. The van der Waals surface area contributed by atoms with E-state index in [1.807, 2.05) is 0 Å². The minimum absolute atomic E-state index is 0. The zero-order valence-corrected chi connectivity index (χ0v) is 13.8. The number of unbranched alkanes of at least 4 members (excludes halogenated alkanes) is 6. The van der Waals surface area contributed by atoms with Crippen molar-refractivity contribution in [2.75, 3.05) is 0 Å². The van der Waals surface area contributed by atoms with Crippen LogP contribution in [0.4, 0.5) is 0 Å². The number of hydrogen-bond acceptors (Lipinski definition) is 3. The van der Waals surface area contributed by atoms with Gasteiger partial charge in [0.15, 0.2) is 0 Å². The van der Waals surface area contributed by atoms with Crippen molar-refractivity contribution in [3.63, 3.8) is 0 Å². The molecule has 0 heterocycles. The molecule has 0 saturated carbocycles. The van der Waals surface area contributed by atoms with E-state index in [1.165, 1.54) is 32.1 Å². The molecular weight excluding hydrogens is 231 g/mol. The second kappa shape index (κ2) is 14.1. The second-order valence-electron chi connectivity index (χ2n) is 4.14. The molecule has 1 N–H and O–H groups in total. The van der Waals surface area contributed by atoms with E-state index in [-0.39, 0.29) is 57.8 Å². The van der Waals surface area contributed by atoms with Gasteiger partial charge in [0.05, 0.1) is 6.10 Å². The van der Waals surface area contributed by atoms with Crippen molar-refractivity contribution in [2.45, 2.75) is 70.8 Å². The van der Waals surface area contributed by atoms with Crippen molar-refractivity contribution in [3.8, 4) is 0 Å². The number of carbonyl (C=O) groups excluding carboxylic acids is 1. The SMILES string of the molecule is CCCCCCCCCC(O)CC(=O)[O-].[K+]. The van der Waals surface area contributed by atoms with Gasteiger partial charge in [-0.25, -0.2) is 0 Å². The first-order chi connectivity index (χ1) is 7.16. The zero-order chi connectivity index (χ0) is 11.5. The normalized spacial score (nSPS) is 11.9. The van der Waals surface area contributed by atoms with E-state index >= 15 is 0 Å². The van der Waals surface area contributed by atoms with Crippen LogP contribution >= 0.6 is 0 Å². The van der Waals surface area contributed by atoms with Gasteiger partial charge in [-0.1, -0.05) is 51.9 Å². The van der Waals surface area contributed by atoms with E-state index in [9.17, 15) is 15.0 Å². The Morgan fingerprint density at radius 3 is 2.12 bits per heavy atom. The summed E-state index contributed by atoms with van der Waals surface area (Å²) >= 11 is 0. The van der Waals surface area contributed by atoms with Crippen molar-refractivity contribution in [1.82, 2.24) is 0 Å². The first-order valence-electron chi connectivity index (χ1n) is 6.04. The number of aliphatic carboxylic acids is 1. The van der Waals surface area contributed by atoms with Crippen molar-refractivity contribution in [3.05, 3.63) is 0 Å². The van der Waals surface area contributed by atoms with E-state index in [0.717, 1.165) is 12.8 Å². The number of aliphatic hydroxyl groups excluding tert-OH is 1. The average Bonchev–Trinajstić information content (AvgIpc) is 2.15. The molecule has 0 aromatic rings. The second-order valence-corrected chi connectivity index (χ2v) is 4.14. The summed E-state index contributed by atoms with van der Waals surface area (Å²) in [5.74, 6) is -1.16. The van der Waals surface area contributed by atoms with Gasteiger partial charge in [-0.2, -0.15) is 0 Å². The fourth-order valence-electron chi connectivity index (χ4n) is 1.63. The molecule has 1 atom stereocenters. The molecule has 0 aliphatic heterocycles. The van der Waals surface area contributed by atoms with Crippen LogP contribution in [0.2, 0.25) is 0 Å². The fraction of sp³-hybridized carbons (Fsp3) is 0.917. The molecule has 16 heavy (non-hydrogen) atoms. The summed E-state index contributed by atoms with van der Waals surface area (Å²) in [5.41, 5.74) is 0. The molecule has 1 unspecified atom stereocenters. The third-order valence-corrected chi connectivity index (χ3v) is 2.54. The summed E-state index contributed by atoms with van der Waals surface area (Å²) in [7, 11) is 0. The Hall–Kier alpha value is 1.07. The van der Waals surface area contributed by atoms with E-state index in [4.69, 9.17) is 0 Å². The predicted molar refractivity (Wildman–Crippen MR) is 58.2 cm³/mol. The molecule has 0 amide bonds. The number of aliphatic hydroxyl groups is 1. The molecule has 0 bridgehead atoms. The first-order valence-corrected chi connectivity index (χ1v) is 6.04. The van der Waals surface area contributed by atoms with Crippen molar-refractivity contribution < 1.29 is 66.4 Å². The molecule has 0 spiro atoms. The predicted octanol–water partition coefficient (Wildman–Crippen LogP) is -1.37. The Labute approximate surface area is 141 Å². The van der Waals surface area contributed by atoms with Crippen molar-refractivity contribution in [2.24, 2.45) is 0 Å². The summed E-state index contributed by atoms with van der Waals surface area (Å²) in [6, 6.07) is 0. The van der Waals surface area contributed by atoms with Crippen LogP contribution in [-0.2, 0) is 4.79 Å². The number of hydrogen-bond donors (Lipinski definition) is 1. The molecule has 0 aromatic heterocycles. The largest absolute Gasteiger partial charge is 1.00 e. The molecule has 0 aliphatic carbocycles. The molecule has 4 heteroatoms. The zero-order valence-electron chi connectivity index (χ0n) is 10.7. The van der Waals surface area contributed by atoms with Crippen LogP contribution in [0.3, 0.4) is 0 Å². The van der Waals surface area contributed by atoms with E-state index in [0.29, 0.717) is 6.42 Å². The Kier molecular flexibility index (Phi) is 17.1. The van der Waals surface area contributed by atoms with E-state index in [1.54, 1.807) is 0 Å². The first kappa shape index (κ1) is 19.4. The minimum Gasteiger partial charge on any atom is -0.550 e. The quantitative estimate of drug-likeness (QED) is 0.387. The third kappa shape index (κ3) is 15.1. The van der Waals surface area contributed by atoms with Crippen LogP contribution in [0.1, 0.15) is 64.7 Å². The summed E-state index contributed by atoms with van der Waals surface area (Å²) in [6.45, 7) is 2.19. The molecule has 90 valence electrons. The maximum Gasteiger partial charge on any atom is 1.00 e. The monoisotopic (exact) mass is 254 g/mol. The number of rotatable bonds is 10. The number of carboxylic acid groups (broad SMARTS) is 1. The Bertz CT molecular complexity index is 162.